The van der Waals surface area contributed by atoms with Crippen LogP contribution in [0.3, 0.4) is 0 Å². The lowest BCUT2D eigenvalue weighted by molar-refractivity contribution is -0.122. The molecule has 2 amide bonds. The van der Waals surface area contributed by atoms with Gasteiger partial charge in [0.15, 0.2) is 6.61 Å². The summed E-state index contributed by atoms with van der Waals surface area (Å²) in [6.07, 6.45) is 1.61. The lowest BCUT2D eigenvalue weighted by Crippen LogP contribution is -2.25. The molecule has 0 atom stereocenters. The number of anilines is 1. The van der Waals surface area contributed by atoms with E-state index >= 15 is 0 Å². The number of hydrogen-bond acceptors (Lipinski definition) is 4. The van der Waals surface area contributed by atoms with Crippen LogP contribution < -0.4 is 15.4 Å². The summed E-state index contributed by atoms with van der Waals surface area (Å²) in [5.74, 6) is 0.232. The van der Waals surface area contributed by atoms with Gasteiger partial charge >= 0.3 is 0 Å². The highest BCUT2D eigenvalue weighted by molar-refractivity contribution is 6.06. The molecule has 0 aliphatic rings. The zero-order valence-electron chi connectivity index (χ0n) is 12.4. The first-order valence-corrected chi connectivity index (χ1v) is 6.77. The maximum Gasteiger partial charge on any atom is 0.260 e. The van der Waals surface area contributed by atoms with Crippen LogP contribution in [0.5, 0.6) is 5.75 Å². The summed E-state index contributed by atoms with van der Waals surface area (Å²) in [4.78, 5) is 27.7. The Morgan fingerprint density at radius 1 is 1.18 bits per heavy atom. The number of benzene rings is 1. The number of likely N-dealkylation sites (N-methyl/N-ethyl adjacent to an activating group) is 1. The summed E-state index contributed by atoms with van der Waals surface area (Å²) >= 11 is 0. The molecule has 6 heteroatoms. The summed E-state index contributed by atoms with van der Waals surface area (Å²) in [6, 6.07) is 10.4. The average molecular weight is 299 g/mol. The van der Waals surface area contributed by atoms with Crippen molar-refractivity contribution in [3.8, 4) is 5.75 Å². The monoisotopic (exact) mass is 299 g/mol. The Kier molecular flexibility index (Phi) is 5.08. The van der Waals surface area contributed by atoms with Crippen LogP contribution in [0.2, 0.25) is 0 Å². The van der Waals surface area contributed by atoms with Gasteiger partial charge in [0.1, 0.15) is 11.6 Å². The first-order chi connectivity index (χ1) is 10.6. The van der Waals surface area contributed by atoms with E-state index in [2.05, 4.69) is 15.6 Å². The van der Waals surface area contributed by atoms with Gasteiger partial charge in [-0.2, -0.15) is 0 Å². The molecular formula is C16H17N3O3. The molecule has 0 saturated carbocycles. The van der Waals surface area contributed by atoms with Gasteiger partial charge in [-0.15, -0.1) is 0 Å². The molecule has 1 aromatic carbocycles. The zero-order chi connectivity index (χ0) is 15.9. The Balaban J connectivity index is 2.16. The number of carbonyl (C=O) groups excluding carboxylic acids is 2. The number of rotatable bonds is 5. The molecule has 1 heterocycles. The van der Waals surface area contributed by atoms with Crippen molar-refractivity contribution in [2.45, 2.75) is 6.92 Å². The van der Waals surface area contributed by atoms with Crippen molar-refractivity contribution in [2.24, 2.45) is 0 Å². The van der Waals surface area contributed by atoms with E-state index in [4.69, 9.17) is 4.74 Å². The molecule has 0 spiro atoms. The predicted octanol–water partition coefficient (Wildman–Crippen LogP) is 1.77. The smallest absolute Gasteiger partial charge is 0.260 e. The van der Waals surface area contributed by atoms with Crippen LogP contribution in [0, 0.1) is 6.92 Å². The number of aryl methyl sites for hydroxylation is 1. The molecule has 22 heavy (non-hydrogen) atoms. The maximum absolute atomic E-state index is 12.4. The third-order valence-corrected chi connectivity index (χ3v) is 3.01. The standard InChI is InChI=1S/C16H17N3O3/c1-11-6-5-9-18-15(11)19-16(21)12-7-3-4-8-13(12)22-10-14(20)17-2/h3-9H,10H2,1-2H3,(H,17,20)(H,18,19,21). The summed E-state index contributed by atoms with van der Waals surface area (Å²) < 4.78 is 5.39. The van der Waals surface area contributed by atoms with Crippen molar-refractivity contribution in [1.82, 2.24) is 10.3 Å². The minimum atomic E-state index is -0.339. The van der Waals surface area contributed by atoms with Gasteiger partial charge in [0.25, 0.3) is 11.8 Å². The Hall–Kier alpha value is -2.89. The molecule has 0 saturated heterocycles. The summed E-state index contributed by atoms with van der Waals surface area (Å²) in [5.41, 5.74) is 1.20. The molecule has 1 aromatic heterocycles. The highest BCUT2D eigenvalue weighted by atomic mass is 16.5. The average Bonchev–Trinajstić information content (AvgIpc) is 2.55. The van der Waals surface area contributed by atoms with Crippen molar-refractivity contribution in [1.29, 1.82) is 0 Å². The van der Waals surface area contributed by atoms with E-state index < -0.39 is 0 Å². The summed E-state index contributed by atoms with van der Waals surface area (Å²) in [7, 11) is 1.52. The number of pyridine rings is 1. The van der Waals surface area contributed by atoms with E-state index in [9.17, 15) is 9.59 Å². The predicted molar refractivity (Wildman–Crippen MR) is 82.9 cm³/mol. The molecule has 0 aliphatic carbocycles. The van der Waals surface area contributed by atoms with Crippen molar-refractivity contribution in [2.75, 3.05) is 19.0 Å². The largest absolute Gasteiger partial charge is 0.483 e. The Morgan fingerprint density at radius 3 is 2.68 bits per heavy atom. The minimum absolute atomic E-state index is 0.149. The van der Waals surface area contributed by atoms with Gasteiger partial charge in [-0.3, -0.25) is 9.59 Å². The molecule has 2 rings (SSSR count). The van der Waals surface area contributed by atoms with Gasteiger partial charge in [-0.1, -0.05) is 18.2 Å². The fourth-order valence-electron chi connectivity index (χ4n) is 1.79. The molecule has 2 aromatic rings. The van der Waals surface area contributed by atoms with Crippen LogP contribution in [-0.4, -0.2) is 30.5 Å². The van der Waals surface area contributed by atoms with Crippen molar-refractivity contribution in [3.63, 3.8) is 0 Å². The van der Waals surface area contributed by atoms with Crippen LogP contribution in [0.4, 0.5) is 5.82 Å². The van der Waals surface area contributed by atoms with Gasteiger partial charge < -0.3 is 15.4 Å². The normalized spacial score (nSPS) is 9.91. The highest BCUT2D eigenvalue weighted by Crippen LogP contribution is 2.20. The second-order valence-electron chi connectivity index (χ2n) is 4.58. The van der Waals surface area contributed by atoms with E-state index in [0.29, 0.717) is 17.1 Å². The molecular weight excluding hydrogens is 282 g/mol. The Labute approximate surface area is 128 Å². The number of nitrogens with zero attached hydrogens (tertiary/aromatic N) is 1. The van der Waals surface area contributed by atoms with E-state index in [0.717, 1.165) is 5.56 Å². The summed E-state index contributed by atoms with van der Waals surface area (Å²) in [5, 5.41) is 5.19. The van der Waals surface area contributed by atoms with Gasteiger partial charge in [-0.25, -0.2) is 4.98 Å². The molecule has 0 aliphatic heterocycles. The minimum Gasteiger partial charge on any atom is -0.483 e. The second-order valence-corrected chi connectivity index (χ2v) is 4.58. The molecule has 6 nitrogen and oxygen atoms in total. The number of amides is 2. The summed E-state index contributed by atoms with van der Waals surface area (Å²) in [6.45, 7) is 1.71. The third kappa shape index (κ3) is 3.82. The number of para-hydroxylation sites is 1. The van der Waals surface area contributed by atoms with Gasteiger partial charge in [-0.05, 0) is 30.7 Å². The lowest BCUT2D eigenvalue weighted by Gasteiger charge is -2.11. The SMILES string of the molecule is CNC(=O)COc1ccccc1C(=O)Nc1ncccc1C. The second kappa shape index (κ2) is 7.21. The number of hydrogen-bond donors (Lipinski definition) is 2. The van der Waals surface area contributed by atoms with Gasteiger partial charge in [0.05, 0.1) is 5.56 Å². The fourth-order valence-corrected chi connectivity index (χ4v) is 1.79. The van der Waals surface area contributed by atoms with Crippen LogP contribution in [-0.2, 0) is 4.79 Å². The lowest BCUT2D eigenvalue weighted by atomic mass is 10.2. The molecule has 0 radical (unpaired) electrons. The fraction of sp³-hybridized carbons (Fsp3) is 0.188. The molecule has 114 valence electrons. The topological polar surface area (TPSA) is 80.3 Å². The zero-order valence-corrected chi connectivity index (χ0v) is 12.4. The number of nitrogens with one attached hydrogen (secondary N) is 2. The molecule has 0 unspecified atom stereocenters. The Bertz CT molecular complexity index is 686. The first kappa shape index (κ1) is 15.5. The van der Waals surface area contributed by atoms with Crippen molar-refractivity contribution >= 4 is 17.6 Å². The molecule has 0 fully saturated rings. The van der Waals surface area contributed by atoms with Crippen LogP contribution >= 0.6 is 0 Å². The van der Waals surface area contributed by atoms with Gasteiger partial charge in [0.2, 0.25) is 0 Å². The quantitative estimate of drug-likeness (QED) is 0.881. The Morgan fingerprint density at radius 2 is 1.95 bits per heavy atom. The first-order valence-electron chi connectivity index (χ1n) is 6.77. The van der Waals surface area contributed by atoms with E-state index in [1.807, 2.05) is 13.0 Å². The van der Waals surface area contributed by atoms with E-state index in [1.54, 1.807) is 36.5 Å². The van der Waals surface area contributed by atoms with Crippen LogP contribution in [0.25, 0.3) is 0 Å². The maximum atomic E-state index is 12.4. The number of ether oxygens (including phenoxy) is 1. The van der Waals surface area contributed by atoms with E-state index in [-0.39, 0.29) is 18.4 Å². The van der Waals surface area contributed by atoms with Crippen LogP contribution in [0.1, 0.15) is 15.9 Å². The van der Waals surface area contributed by atoms with Gasteiger partial charge in [0, 0.05) is 13.2 Å². The van der Waals surface area contributed by atoms with E-state index in [1.165, 1.54) is 7.05 Å². The third-order valence-electron chi connectivity index (χ3n) is 3.01. The number of carbonyl (C=O) groups is 2. The molecule has 2 N–H and O–H groups in total. The van der Waals surface area contributed by atoms with Crippen LogP contribution in [0.15, 0.2) is 42.6 Å². The molecule has 0 bridgehead atoms. The highest BCUT2D eigenvalue weighted by Gasteiger charge is 2.14. The van der Waals surface area contributed by atoms with Crippen molar-refractivity contribution < 1.29 is 14.3 Å². The number of aromatic nitrogens is 1. The van der Waals surface area contributed by atoms with Crippen molar-refractivity contribution in [3.05, 3.63) is 53.7 Å².